The van der Waals surface area contributed by atoms with Crippen LogP contribution in [0.15, 0.2) is 53.5 Å². The number of halogens is 1. The van der Waals surface area contributed by atoms with Gasteiger partial charge in [-0.3, -0.25) is 4.40 Å². The Balaban J connectivity index is 2.33. The SMILES string of the molecule is Brc1nc(-c2ccccc2)n2cnccc12. The molecule has 16 heavy (non-hydrogen) atoms. The zero-order valence-corrected chi connectivity index (χ0v) is 9.92. The lowest BCUT2D eigenvalue weighted by molar-refractivity contribution is 1.08. The lowest BCUT2D eigenvalue weighted by atomic mass is 10.2. The van der Waals surface area contributed by atoms with Crippen LogP contribution in [0, 0.1) is 0 Å². The van der Waals surface area contributed by atoms with Crippen molar-refractivity contribution in [2.75, 3.05) is 0 Å². The molecule has 0 amide bonds. The highest BCUT2D eigenvalue weighted by Gasteiger charge is 2.09. The Bertz CT molecular complexity index is 631. The number of aromatic nitrogens is 3. The summed E-state index contributed by atoms with van der Waals surface area (Å²) in [6, 6.07) is 12.0. The van der Waals surface area contributed by atoms with Gasteiger partial charge in [-0.2, -0.15) is 0 Å². The highest BCUT2D eigenvalue weighted by atomic mass is 79.9. The lowest BCUT2D eigenvalue weighted by Crippen LogP contribution is -1.89. The van der Waals surface area contributed by atoms with E-state index in [1.54, 1.807) is 12.5 Å². The van der Waals surface area contributed by atoms with Crippen molar-refractivity contribution in [3.63, 3.8) is 0 Å². The van der Waals surface area contributed by atoms with Crippen LogP contribution in [0.5, 0.6) is 0 Å². The minimum Gasteiger partial charge on any atom is -0.282 e. The lowest BCUT2D eigenvalue weighted by Gasteiger charge is -1.99. The summed E-state index contributed by atoms with van der Waals surface area (Å²) < 4.78 is 2.81. The molecule has 0 unspecified atom stereocenters. The minimum atomic E-state index is 0.841. The van der Waals surface area contributed by atoms with E-state index in [9.17, 15) is 0 Å². The Morgan fingerprint density at radius 3 is 2.69 bits per heavy atom. The monoisotopic (exact) mass is 273 g/mol. The number of fused-ring (bicyclic) bond motifs is 1. The third kappa shape index (κ3) is 1.42. The number of hydrogen-bond acceptors (Lipinski definition) is 2. The highest BCUT2D eigenvalue weighted by molar-refractivity contribution is 9.10. The topological polar surface area (TPSA) is 30.2 Å². The van der Waals surface area contributed by atoms with E-state index in [-0.39, 0.29) is 0 Å². The van der Waals surface area contributed by atoms with E-state index >= 15 is 0 Å². The van der Waals surface area contributed by atoms with Gasteiger partial charge in [-0.1, -0.05) is 30.3 Å². The van der Waals surface area contributed by atoms with Crippen molar-refractivity contribution in [3.05, 3.63) is 53.5 Å². The normalized spacial score (nSPS) is 10.8. The molecule has 0 saturated heterocycles. The Morgan fingerprint density at radius 2 is 1.88 bits per heavy atom. The van der Waals surface area contributed by atoms with Crippen LogP contribution in [0.25, 0.3) is 16.9 Å². The summed E-state index contributed by atoms with van der Waals surface area (Å²) in [5.41, 5.74) is 2.10. The maximum absolute atomic E-state index is 4.50. The molecule has 0 saturated carbocycles. The Morgan fingerprint density at radius 1 is 1.06 bits per heavy atom. The molecule has 3 nitrogen and oxygen atoms in total. The van der Waals surface area contributed by atoms with E-state index in [0.29, 0.717) is 0 Å². The summed E-state index contributed by atoms with van der Waals surface area (Å²) in [5.74, 6) is 0.899. The van der Waals surface area contributed by atoms with Crippen LogP contribution in [0.3, 0.4) is 0 Å². The van der Waals surface area contributed by atoms with Crippen LogP contribution in [-0.4, -0.2) is 14.4 Å². The zero-order valence-electron chi connectivity index (χ0n) is 8.34. The molecule has 0 N–H and O–H groups in total. The second-order valence-electron chi connectivity index (χ2n) is 3.43. The van der Waals surface area contributed by atoms with E-state index < -0.39 is 0 Å². The number of rotatable bonds is 1. The second kappa shape index (κ2) is 3.72. The van der Waals surface area contributed by atoms with Crippen molar-refractivity contribution in [3.8, 4) is 11.4 Å². The van der Waals surface area contributed by atoms with E-state index in [2.05, 4.69) is 25.9 Å². The van der Waals surface area contributed by atoms with Gasteiger partial charge in [0.1, 0.15) is 16.8 Å². The molecule has 0 radical (unpaired) electrons. The second-order valence-corrected chi connectivity index (χ2v) is 4.18. The Hall–Kier alpha value is -1.68. The molecule has 3 aromatic rings. The van der Waals surface area contributed by atoms with Crippen LogP contribution in [-0.2, 0) is 0 Å². The summed E-state index contributed by atoms with van der Waals surface area (Å²) in [6.45, 7) is 0. The van der Waals surface area contributed by atoms with Crippen LogP contribution in [0.1, 0.15) is 0 Å². The molecule has 4 heteroatoms. The van der Waals surface area contributed by atoms with Crippen LogP contribution in [0.4, 0.5) is 0 Å². The summed E-state index contributed by atoms with van der Waals surface area (Å²) in [4.78, 5) is 8.61. The molecule has 0 aliphatic heterocycles. The smallest absolute Gasteiger partial charge is 0.147 e. The van der Waals surface area contributed by atoms with Crippen LogP contribution < -0.4 is 0 Å². The van der Waals surface area contributed by atoms with Crippen molar-refractivity contribution < 1.29 is 0 Å². The molecule has 0 aliphatic rings. The predicted octanol–water partition coefficient (Wildman–Crippen LogP) is 3.16. The summed E-state index contributed by atoms with van der Waals surface area (Å²) in [6.07, 6.45) is 3.53. The van der Waals surface area contributed by atoms with Gasteiger partial charge in [0, 0.05) is 11.8 Å². The molecule has 0 spiro atoms. The van der Waals surface area contributed by atoms with Crippen molar-refractivity contribution >= 4 is 21.4 Å². The molecule has 3 rings (SSSR count). The van der Waals surface area contributed by atoms with Gasteiger partial charge in [-0.05, 0) is 22.0 Å². The molecule has 0 fully saturated rings. The first-order valence-electron chi connectivity index (χ1n) is 4.89. The molecule has 78 valence electrons. The fourth-order valence-electron chi connectivity index (χ4n) is 1.69. The van der Waals surface area contributed by atoms with Crippen molar-refractivity contribution in [2.24, 2.45) is 0 Å². The Kier molecular flexibility index (Phi) is 2.22. The van der Waals surface area contributed by atoms with E-state index in [1.165, 1.54) is 0 Å². The maximum Gasteiger partial charge on any atom is 0.147 e. The fraction of sp³-hybridized carbons (Fsp3) is 0. The van der Waals surface area contributed by atoms with Gasteiger partial charge in [-0.25, -0.2) is 9.97 Å². The molecule has 0 atom stereocenters. The van der Waals surface area contributed by atoms with E-state index in [0.717, 1.165) is 21.5 Å². The quantitative estimate of drug-likeness (QED) is 0.682. The molecular formula is C12H8BrN3. The average molecular weight is 274 g/mol. The van der Waals surface area contributed by atoms with E-state index in [4.69, 9.17) is 0 Å². The third-order valence-corrected chi connectivity index (χ3v) is 3.02. The number of nitrogens with zero attached hydrogens (tertiary/aromatic N) is 3. The van der Waals surface area contributed by atoms with Gasteiger partial charge in [0.05, 0.1) is 5.52 Å². The summed E-state index contributed by atoms with van der Waals surface area (Å²) in [5, 5.41) is 0. The number of imidazole rings is 1. The van der Waals surface area contributed by atoms with Gasteiger partial charge >= 0.3 is 0 Å². The minimum absolute atomic E-state index is 0.841. The molecule has 1 aromatic carbocycles. The van der Waals surface area contributed by atoms with Gasteiger partial charge in [0.2, 0.25) is 0 Å². The number of benzene rings is 1. The predicted molar refractivity (Wildman–Crippen MR) is 66.1 cm³/mol. The fourth-order valence-corrected chi connectivity index (χ4v) is 2.18. The summed E-state index contributed by atoms with van der Waals surface area (Å²) in [7, 11) is 0. The average Bonchev–Trinajstić information content (AvgIpc) is 2.69. The first kappa shape index (κ1) is 9.54. The molecule has 2 heterocycles. The van der Waals surface area contributed by atoms with E-state index in [1.807, 2.05) is 40.8 Å². The number of hydrogen-bond donors (Lipinski definition) is 0. The van der Waals surface area contributed by atoms with Gasteiger partial charge in [0.25, 0.3) is 0 Å². The summed E-state index contributed by atoms with van der Waals surface area (Å²) >= 11 is 3.46. The van der Waals surface area contributed by atoms with Crippen LogP contribution >= 0.6 is 15.9 Å². The first-order valence-corrected chi connectivity index (χ1v) is 5.68. The highest BCUT2D eigenvalue weighted by Crippen LogP contribution is 2.24. The first-order chi connectivity index (χ1) is 7.86. The standard InChI is InChI=1S/C12H8BrN3/c13-11-10-6-7-14-8-16(10)12(15-11)9-4-2-1-3-5-9/h1-8H. The van der Waals surface area contributed by atoms with Crippen LogP contribution in [0.2, 0.25) is 0 Å². The van der Waals surface area contributed by atoms with Crippen molar-refractivity contribution in [1.82, 2.24) is 14.4 Å². The van der Waals surface area contributed by atoms with Gasteiger partial charge in [-0.15, -0.1) is 0 Å². The van der Waals surface area contributed by atoms with Gasteiger partial charge in [0.15, 0.2) is 0 Å². The maximum atomic E-state index is 4.50. The largest absolute Gasteiger partial charge is 0.282 e. The molecule has 0 bridgehead atoms. The molecule has 0 aliphatic carbocycles. The molecular weight excluding hydrogens is 266 g/mol. The van der Waals surface area contributed by atoms with Gasteiger partial charge < -0.3 is 0 Å². The third-order valence-electron chi connectivity index (χ3n) is 2.44. The van der Waals surface area contributed by atoms with Crippen molar-refractivity contribution in [1.29, 1.82) is 0 Å². The molecule has 2 aromatic heterocycles. The zero-order chi connectivity index (χ0) is 11.0. The Labute approximate surface area is 101 Å². The van der Waals surface area contributed by atoms with Crippen molar-refractivity contribution in [2.45, 2.75) is 0 Å².